The molecular weight excluding hydrogens is 426 g/mol. The molecule has 5 unspecified atom stereocenters. The summed E-state index contributed by atoms with van der Waals surface area (Å²) >= 11 is 0. The van der Waals surface area contributed by atoms with Crippen molar-refractivity contribution in [3.63, 3.8) is 0 Å². The highest BCUT2D eigenvalue weighted by atomic mass is 16.7. The third-order valence-electron chi connectivity index (χ3n) is 8.32. The largest absolute Gasteiger partial charge is 0.443 e. The van der Waals surface area contributed by atoms with Gasteiger partial charge in [-0.25, -0.2) is 4.79 Å². The molecule has 4 N–H and O–H groups in total. The molecule has 184 valence electrons. The highest BCUT2D eigenvalue weighted by Crippen LogP contribution is 2.77. The van der Waals surface area contributed by atoms with Crippen LogP contribution in [0.15, 0.2) is 11.6 Å². The van der Waals surface area contributed by atoms with Crippen LogP contribution in [-0.4, -0.2) is 73.4 Å². The third-order valence-corrected chi connectivity index (χ3v) is 8.32. The molecule has 5 fully saturated rings. The number of hydrogen-bond acceptors (Lipinski definition) is 7. The Morgan fingerprint density at radius 2 is 1.79 bits per heavy atom. The van der Waals surface area contributed by atoms with Gasteiger partial charge in [0.05, 0.1) is 18.6 Å². The summed E-state index contributed by atoms with van der Waals surface area (Å²) in [6, 6.07) is 0.174. The summed E-state index contributed by atoms with van der Waals surface area (Å²) in [5.41, 5.74) is 6.22. The zero-order valence-corrected chi connectivity index (χ0v) is 19.8. The Balaban J connectivity index is 1.14. The van der Waals surface area contributed by atoms with Crippen LogP contribution in [0, 0.1) is 5.92 Å². The zero-order valence-electron chi connectivity index (χ0n) is 19.8. The minimum absolute atomic E-state index is 0.00262. The molecule has 3 aliphatic carbocycles. The van der Waals surface area contributed by atoms with Crippen molar-refractivity contribution in [2.24, 2.45) is 11.7 Å². The van der Waals surface area contributed by atoms with Crippen LogP contribution in [0.1, 0.15) is 58.8 Å². The molecule has 9 nitrogen and oxygen atoms in total. The van der Waals surface area contributed by atoms with E-state index in [0.717, 1.165) is 44.9 Å². The fourth-order valence-corrected chi connectivity index (χ4v) is 6.68. The van der Waals surface area contributed by atoms with Crippen LogP contribution in [0.3, 0.4) is 0 Å². The number of fused-ring (bicyclic) bond motifs is 2. The van der Waals surface area contributed by atoms with Crippen LogP contribution >= 0.6 is 0 Å². The first kappa shape index (κ1) is 23.1. The molecule has 33 heavy (non-hydrogen) atoms. The van der Waals surface area contributed by atoms with Crippen LogP contribution in [0.25, 0.3) is 0 Å². The van der Waals surface area contributed by atoms with Crippen molar-refractivity contribution in [2.75, 3.05) is 13.7 Å². The van der Waals surface area contributed by atoms with Gasteiger partial charge in [-0.1, -0.05) is 11.6 Å². The van der Waals surface area contributed by atoms with E-state index in [1.807, 2.05) is 0 Å². The second kappa shape index (κ2) is 8.52. The number of rotatable bonds is 7. The van der Waals surface area contributed by atoms with E-state index in [0.29, 0.717) is 0 Å². The van der Waals surface area contributed by atoms with Gasteiger partial charge < -0.3 is 35.3 Å². The summed E-state index contributed by atoms with van der Waals surface area (Å²) in [5.74, 6) is -0.0337. The summed E-state index contributed by atoms with van der Waals surface area (Å²) < 4.78 is 24.2. The maximum Gasteiger partial charge on any atom is 0.407 e. The summed E-state index contributed by atoms with van der Waals surface area (Å²) in [4.78, 5) is 24.2. The minimum Gasteiger partial charge on any atom is -0.443 e. The van der Waals surface area contributed by atoms with Crippen molar-refractivity contribution >= 4 is 12.0 Å². The second-order valence-corrected chi connectivity index (χ2v) is 10.6. The van der Waals surface area contributed by atoms with Gasteiger partial charge in [0.25, 0.3) is 0 Å². The lowest BCUT2D eigenvalue weighted by atomic mass is 9.55. The molecule has 9 heteroatoms. The van der Waals surface area contributed by atoms with Gasteiger partial charge >= 0.3 is 6.09 Å². The normalized spacial score (nSPS) is 44.5. The second-order valence-electron chi connectivity index (χ2n) is 10.6. The van der Waals surface area contributed by atoms with Gasteiger partial charge in [0.2, 0.25) is 5.91 Å². The Hall–Kier alpha value is -1.68. The summed E-state index contributed by atoms with van der Waals surface area (Å²) in [6.45, 7) is 4.19. The van der Waals surface area contributed by atoms with Gasteiger partial charge in [-0.3, -0.25) is 4.79 Å². The lowest BCUT2D eigenvalue weighted by Crippen LogP contribution is -2.66. The molecule has 2 heterocycles. The van der Waals surface area contributed by atoms with E-state index < -0.39 is 6.09 Å². The van der Waals surface area contributed by atoms with Gasteiger partial charge in [0.15, 0.2) is 0 Å². The maximum atomic E-state index is 12.7. The van der Waals surface area contributed by atoms with E-state index in [1.54, 1.807) is 7.11 Å². The molecule has 2 amide bonds. The Labute approximate surface area is 195 Å². The number of nitrogens with two attached hydrogens (primary N) is 1. The molecule has 0 aromatic carbocycles. The van der Waals surface area contributed by atoms with Crippen LogP contribution in [0.2, 0.25) is 0 Å². The first-order valence-electron chi connectivity index (χ1n) is 12.3. The molecule has 2 spiro atoms. The van der Waals surface area contributed by atoms with Crippen molar-refractivity contribution in [3.8, 4) is 0 Å². The van der Waals surface area contributed by atoms with Crippen LogP contribution in [0.5, 0.6) is 0 Å². The summed E-state index contributed by atoms with van der Waals surface area (Å²) in [7, 11) is 1.69. The molecule has 5 aliphatic rings. The van der Waals surface area contributed by atoms with Gasteiger partial charge in [-0.15, -0.1) is 0 Å². The summed E-state index contributed by atoms with van der Waals surface area (Å²) in [5, 5.41) is 5.94. The topological polar surface area (TPSA) is 128 Å². The molecule has 7 atom stereocenters. The molecule has 0 bridgehead atoms. The van der Waals surface area contributed by atoms with E-state index in [1.165, 1.54) is 5.57 Å². The van der Waals surface area contributed by atoms with Crippen LogP contribution < -0.4 is 16.4 Å². The number of methoxy groups -OCH3 is 1. The highest BCUT2D eigenvalue weighted by Gasteiger charge is 2.94. The molecular formula is C24H37N3O6. The zero-order chi connectivity index (χ0) is 23.4. The molecule has 0 aromatic rings. The molecule has 2 aliphatic heterocycles. The van der Waals surface area contributed by atoms with E-state index in [2.05, 4.69) is 30.6 Å². The van der Waals surface area contributed by atoms with E-state index in [9.17, 15) is 9.59 Å². The van der Waals surface area contributed by atoms with Crippen molar-refractivity contribution < 1.29 is 28.5 Å². The fraction of sp³-hybridized carbons (Fsp3) is 0.833. The van der Waals surface area contributed by atoms with E-state index >= 15 is 0 Å². The number of epoxide rings is 2. The van der Waals surface area contributed by atoms with Crippen molar-refractivity contribution in [3.05, 3.63) is 11.6 Å². The molecule has 3 saturated carbocycles. The minimum atomic E-state index is -0.396. The Morgan fingerprint density at radius 1 is 1.09 bits per heavy atom. The Bertz CT molecular complexity index is 823. The third kappa shape index (κ3) is 3.87. The average molecular weight is 464 g/mol. The Morgan fingerprint density at radius 3 is 2.42 bits per heavy atom. The predicted molar refractivity (Wildman–Crippen MR) is 119 cm³/mol. The lowest BCUT2D eigenvalue weighted by molar-refractivity contribution is -0.133. The van der Waals surface area contributed by atoms with Gasteiger partial charge in [0, 0.05) is 19.2 Å². The first-order chi connectivity index (χ1) is 15.8. The van der Waals surface area contributed by atoms with Crippen molar-refractivity contribution in [2.45, 2.75) is 106 Å². The number of hydrogen-bond donors (Lipinski definition) is 3. The summed E-state index contributed by atoms with van der Waals surface area (Å²) in [6.07, 6.45) is 7.28. The highest BCUT2D eigenvalue weighted by molar-refractivity contribution is 5.78. The van der Waals surface area contributed by atoms with Crippen LogP contribution in [-0.2, 0) is 23.7 Å². The SMILES string of the molecule is COC1C(OC(=O)N[C@H]2CC[C@H](NC(=O)CN)CC2)CC[C@]23OC2C2(O[C@@H]2CC=C(C)C)C13. The number of ether oxygens (including phenoxy) is 4. The monoisotopic (exact) mass is 463 g/mol. The number of allylic oxidation sites excluding steroid dienone is 1. The number of alkyl carbamates (subject to hydrolysis) is 1. The standard InChI is InChI=1S/C24H37N3O6/c1-13(2)4-9-17-24(32-17)20-19(30-3)16(10-11-23(20)21(24)33-23)31-22(29)27-15-7-5-14(6-8-15)26-18(28)12-25/h4,14-17,19-21H,5-12,25H2,1-3H3,(H,26,28)(H,27,29)/t14-,15-,16?,17-,19?,20?,21?,23-,24?/m1/s1. The van der Waals surface area contributed by atoms with Crippen molar-refractivity contribution in [1.29, 1.82) is 0 Å². The number of nitrogens with one attached hydrogen (secondary N) is 2. The quantitative estimate of drug-likeness (QED) is 0.386. The molecule has 0 aromatic heterocycles. The van der Waals surface area contributed by atoms with Gasteiger partial charge in [0.1, 0.15) is 29.5 Å². The van der Waals surface area contributed by atoms with Gasteiger partial charge in [-0.2, -0.15) is 0 Å². The number of amides is 2. The fourth-order valence-electron chi connectivity index (χ4n) is 6.68. The van der Waals surface area contributed by atoms with Crippen molar-refractivity contribution in [1.82, 2.24) is 10.6 Å². The van der Waals surface area contributed by atoms with E-state index in [4.69, 9.17) is 24.7 Å². The predicted octanol–water partition coefficient (Wildman–Crippen LogP) is 1.54. The first-order valence-corrected chi connectivity index (χ1v) is 12.3. The molecule has 5 rings (SSSR count). The molecule has 2 saturated heterocycles. The maximum absolute atomic E-state index is 12.7. The average Bonchev–Trinajstić information content (AvgIpc) is 3.67. The lowest BCUT2D eigenvalue weighted by Gasteiger charge is -2.48. The Kier molecular flexibility index (Phi) is 5.96. The molecule has 0 radical (unpaired) electrons. The number of carbonyl (C=O) groups excluding carboxylic acids is 2. The number of carbonyl (C=O) groups is 2. The smallest absolute Gasteiger partial charge is 0.407 e. The van der Waals surface area contributed by atoms with Gasteiger partial charge in [-0.05, 0) is 58.8 Å². The van der Waals surface area contributed by atoms with E-state index in [-0.39, 0.29) is 66.1 Å². The van der Waals surface area contributed by atoms with Crippen LogP contribution in [0.4, 0.5) is 4.79 Å².